The summed E-state index contributed by atoms with van der Waals surface area (Å²) in [6, 6.07) is 0.324. The molecule has 1 aliphatic carbocycles. The molecule has 0 unspecified atom stereocenters. The minimum atomic E-state index is -0.182. The second-order valence-corrected chi connectivity index (χ2v) is 5.40. The predicted octanol–water partition coefficient (Wildman–Crippen LogP) is 2.30. The molecule has 1 fully saturated rings. The Labute approximate surface area is 116 Å². The van der Waals surface area contributed by atoms with Crippen LogP contribution in [0.2, 0.25) is 0 Å². The van der Waals surface area contributed by atoms with Gasteiger partial charge in [-0.25, -0.2) is 0 Å². The fraction of sp³-hybridized carbons (Fsp3) is 0.733. The van der Waals surface area contributed by atoms with Crippen LogP contribution < -0.4 is 10.6 Å². The maximum Gasteiger partial charge on any atom is 0.246 e. The van der Waals surface area contributed by atoms with E-state index in [-0.39, 0.29) is 11.8 Å². The SMILES string of the molecule is C=C(C)C(=O)NCCC(=O)NC1CCCCCCC1. The predicted molar refractivity (Wildman–Crippen MR) is 76.7 cm³/mol. The van der Waals surface area contributed by atoms with E-state index in [1.807, 2.05) is 0 Å². The van der Waals surface area contributed by atoms with Gasteiger partial charge in [0.2, 0.25) is 11.8 Å². The van der Waals surface area contributed by atoms with Crippen LogP contribution in [-0.2, 0) is 9.59 Å². The molecule has 19 heavy (non-hydrogen) atoms. The summed E-state index contributed by atoms with van der Waals surface area (Å²) in [6.07, 6.45) is 8.81. The van der Waals surface area contributed by atoms with Crippen molar-refractivity contribution in [2.45, 2.75) is 64.3 Å². The van der Waals surface area contributed by atoms with E-state index in [4.69, 9.17) is 0 Å². The van der Waals surface area contributed by atoms with Gasteiger partial charge in [-0.05, 0) is 19.8 Å². The quantitative estimate of drug-likeness (QED) is 0.750. The number of carbonyl (C=O) groups is 2. The molecule has 4 heteroatoms. The van der Waals surface area contributed by atoms with Crippen LogP contribution in [0, 0.1) is 0 Å². The van der Waals surface area contributed by atoms with Gasteiger partial charge in [-0.2, -0.15) is 0 Å². The van der Waals surface area contributed by atoms with Crippen LogP contribution in [0.3, 0.4) is 0 Å². The van der Waals surface area contributed by atoms with Crippen molar-refractivity contribution >= 4 is 11.8 Å². The van der Waals surface area contributed by atoms with Gasteiger partial charge in [0.25, 0.3) is 0 Å². The molecule has 0 saturated heterocycles. The Bertz CT molecular complexity index is 318. The normalized spacial score (nSPS) is 17.1. The standard InChI is InChI=1S/C15H26N2O2/c1-12(2)15(19)16-11-10-14(18)17-13-8-6-4-3-5-7-9-13/h13H,1,3-11H2,2H3,(H,16,19)(H,17,18). The molecule has 0 atom stereocenters. The molecule has 0 spiro atoms. The van der Waals surface area contributed by atoms with E-state index in [2.05, 4.69) is 17.2 Å². The van der Waals surface area contributed by atoms with E-state index >= 15 is 0 Å². The molecule has 0 aromatic carbocycles. The summed E-state index contributed by atoms with van der Waals surface area (Å²) in [5.74, 6) is -0.147. The van der Waals surface area contributed by atoms with Gasteiger partial charge in [-0.3, -0.25) is 9.59 Å². The topological polar surface area (TPSA) is 58.2 Å². The lowest BCUT2D eigenvalue weighted by Crippen LogP contribution is -2.37. The molecular weight excluding hydrogens is 240 g/mol. The highest BCUT2D eigenvalue weighted by Crippen LogP contribution is 2.17. The van der Waals surface area contributed by atoms with Crippen LogP contribution in [0.5, 0.6) is 0 Å². The fourth-order valence-corrected chi connectivity index (χ4v) is 2.34. The Hall–Kier alpha value is -1.32. The number of hydrogen-bond acceptors (Lipinski definition) is 2. The summed E-state index contributed by atoms with van der Waals surface area (Å²) in [5, 5.41) is 5.75. The molecule has 0 heterocycles. The van der Waals surface area contributed by atoms with Gasteiger partial charge in [-0.15, -0.1) is 0 Å². The van der Waals surface area contributed by atoms with Gasteiger partial charge in [0.15, 0.2) is 0 Å². The summed E-state index contributed by atoms with van der Waals surface area (Å²) < 4.78 is 0. The molecule has 0 bridgehead atoms. The van der Waals surface area contributed by atoms with Crippen molar-refractivity contribution in [1.29, 1.82) is 0 Å². The minimum Gasteiger partial charge on any atom is -0.353 e. The molecular formula is C15H26N2O2. The zero-order valence-electron chi connectivity index (χ0n) is 12.0. The molecule has 0 aliphatic heterocycles. The van der Waals surface area contributed by atoms with Gasteiger partial charge in [0.1, 0.15) is 0 Å². The van der Waals surface area contributed by atoms with E-state index in [1.165, 1.54) is 32.1 Å². The van der Waals surface area contributed by atoms with E-state index < -0.39 is 0 Å². The molecule has 108 valence electrons. The van der Waals surface area contributed by atoms with E-state index in [0.29, 0.717) is 24.6 Å². The lowest BCUT2D eigenvalue weighted by atomic mass is 9.96. The highest BCUT2D eigenvalue weighted by Gasteiger charge is 2.13. The second kappa shape index (κ2) is 8.73. The number of hydrogen-bond donors (Lipinski definition) is 2. The maximum absolute atomic E-state index is 11.8. The monoisotopic (exact) mass is 266 g/mol. The number of nitrogens with one attached hydrogen (secondary N) is 2. The van der Waals surface area contributed by atoms with Crippen LogP contribution >= 0.6 is 0 Å². The van der Waals surface area contributed by atoms with Crippen LogP contribution in [0.1, 0.15) is 58.3 Å². The van der Waals surface area contributed by atoms with Crippen molar-refractivity contribution < 1.29 is 9.59 Å². The average Bonchev–Trinajstić information content (AvgIpc) is 2.32. The van der Waals surface area contributed by atoms with Gasteiger partial charge >= 0.3 is 0 Å². The third kappa shape index (κ3) is 6.99. The van der Waals surface area contributed by atoms with E-state index in [0.717, 1.165) is 12.8 Å². The zero-order valence-corrected chi connectivity index (χ0v) is 12.0. The molecule has 1 rings (SSSR count). The van der Waals surface area contributed by atoms with Crippen molar-refractivity contribution in [3.8, 4) is 0 Å². The Morgan fingerprint density at radius 1 is 1.11 bits per heavy atom. The van der Waals surface area contributed by atoms with Gasteiger partial charge in [-0.1, -0.05) is 38.7 Å². The summed E-state index contributed by atoms with van der Waals surface area (Å²) in [5.41, 5.74) is 0.473. The van der Waals surface area contributed by atoms with Crippen molar-refractivity contribution in [2.24, 2.45) is 0 Å². The molecule has 1 saturated carbocycles. The van der Waals surface area contributed by atoms with E-state index in [9.17, 15) is 9.59 Å². The molecule has 2 N–H and O–H groups in total. The summed E-state index contributed by atoms with van der Waals surface area (Å²) in [7, 11) is 0. The largest absolute Gasteiger partial charge is 0.353 e. The molecule has 4 nitrogen and oxygen atoms in total. The zero-order chi connectivity index (χ0) is 14.1. The van der Waals surface area contributed by atoms with Crippen LogP contribution in [0.25, 0.3) is 0 Å². The Morgan fingerprint density at radius 2 is 1.68 bits per heavy atom. The number of amides is 2. The Kier molecular flexibility index (Phi) is 7.23. The first-order valence-electron chi connectivity index (χ1n) is 7.32. The van der Waals surface area contributed by atoms with Crippen LogP contribution in [0.4, 0.5) is 0 Å². The van der Waals surface area contributed by atoms with Gasteiger partial charge < -0.3 is 10.6 Å². The van der Waals surface area contributed by atoms with E-state index in [1.54, 1.807) is 6.92 Å². The Balaban J connectivity index is 2.18. The summed E-state index contributed by atoms with van der Waals surface area (Å²) >= 11 is 0. The molecule has 0 aromatic heterocycles. The summed E-state index contributed by atoms with van der Waals surface area (Å²) in [4.78, 5) is 23.0. The highest BCUT2D eigenvalue weighted by molar-refractivity contribution is 5.92. The van der Waals surface area contributed by atoms with Crippen LogP contribution in [0.15, 0.2) is 12.2 Å². The molecule has 0 radical (unpaired) electrons. The van der Waals surface area contributed by atoms with Crippen molar-refractivity contribution in [3.63, 3.8) is 0 Å². The number of rotatable bonds is 5. The first-order chi connectivity index (χ1) is 9.09. The fourth-order valence-electron chi connectivity index (χ4n) is 2.34. The third-order valence-electron chi connectivity index (χ3n) is 3.50. The highest BCUT2D eigenvalue weighted by atomic mass is 16.2. The molecule has 1 aliphatic rings. The maximum atomic E-state index is 11.8. The second-order valence-electron chi connectivity index (χ2n) is 5.40. The molecule has 2 amide bonds. The van der Waals surface area contributed by atoms with Crippen molar-refractivity contribution in [2.75, 3.05) is 6.54 Å². The lowest BCUT2D eigenvalue weighted by Gasteiger charge is -2.21. The third-order valence-corrected chi connectivity index (χ3v) is 3.50. The average molecular weight is 266 g/mol. The summed E-state index contributed by atoms with van der Waals surface area (Å²) in [6.45, 7) is 5.59. The van der Waals surface area contributed by atoms with Crippen LogP contribution in [-0.4, -0.2) is 24.4 Å². The van der Waals surface area contributed by atoms with Gasteiger partial charge in [0, 0.05) is 24.6 Å². The minimum absolute atomic E-state index is 0.0348. The molecule has 0 aromatic rings. The Morgan fingerprint density at radius 3 is 2.26 bits per heavy atom. The first-order valence-corrected chi connectivity index (χ1v) is 7.32. The lowest BCUT2D eigenvalue weighted by molar-refractivity contribution is -0.122. The smallest absolute Gasteiger partial charge is 0.246 e. The van der Waals surface area contributed by atoms with Crippen molar-refractivity contribution in [1.82, 2.24) is 10.6 Å². The number of carbonyl (C=O) groups excluding carboxylic acids is 2. The first kappa shape index (κ1) is 15.7. The van der Waals surface area contributed by atoms with Gasteiger partial charge in [0.05, 0.1) is 0 Å². The van der Waals surface area contributed by atoms with Crippen molar-refractivity contribution in [3.05, 3.63) is 12.2 Å².